The Balaban J connectivity index is 1.28. The van der Waals surface area contributed by atoms with E-state index in [9.17, 15) is 0 Å². The molecule has 1 heterocycles. The van der Waals surface area contributed by atoms with Crippen LogP contribution >= 0.6 is 0 Å². The van der Waals surface area contributed by atoms with E-state index >= 15 is 0 Å². The summed E-state index contributed by atoms with van der Waals surface area (Å²) in [7, 11) is 0. The smallest absolute Gasteiger partial charge is 0.162 e. The van der Waals surface area contributed by atoms with Gasteiger partial charge in [-0.1, -0.05) is 159 Å². The first-order valence-electron chi connectivity index (χ1n) is 17.2. The van der Waals surface area contributed by atoms with Crippen LogP contribution in [0.5, 0.6) is 0 Å². The third-order valence-corrected chi connectivity index (χ3v) is 10.1. The Kier molecular flexibility index (Phi) is 7.14. The van der Waals surface area contributed by atoms with Crippen LogP contribution < -0.4 is 4.90 Å². The molecule has 0 amide bonds. The van der Waals surface area contributed by atoms with Crippen molar-refractivity contribution in [2.75, 3.05) is 4.90 Å². The second-order valence-corrected chi connectivity index (χ2v) is 13.5. The van der Waals surface area contributed by atoms with Crippen LogP contribution in [0, 0.1) is 0 Å². The van der Waals surface area contributed by atoms with Crippen molar-refractivity contribution in [3.8, 4) is 44.8 Å². The van der Waals surface area contributed by atoms with E-state index in [0.717, 1.165) is 50.3 Å². The van der Waals surface area contributed by atoms with Gasteiger partial charge >= 0.3 is 0 Å². The Labute approximate surface area is 293 Å². The summed E-state index contributed by atoms with van der Waals surface area (Å²) in [6.07, 6.45) is 0. The molecule has 1 aromatic heterocycles. The van der Waals surface area contributed by atoms with Crippen LogP contribution in [-0.4, -0.2) is 9.97 Å². The summed E-state index contributed by atoms with van der Waals surface area (Å²) in [5.41, 5.74) is 13.7. The number of para-hydroxylation sites is 2. The summed E-state index contributed by atoms with van der Waals surface area (Å²) < 4.78 is 0. The standard InChI is InChI=1S/C47H35N3/c1-47(2)41-22-12-9-20-38(41)39-30-29-36(31-42(39)47)50(44-24-14-11-19-37(44)34-17-7-4-8-18-34)46-40-21-10-13-23-43(40)48-45(49-46)35-27-25-33(26-28-35)32-15-5-3-6-16-32/h3-31H,1-2H3. The number of nitrogens with zero attached hydrogens (tertiary/aromatic N) is 3. The summed E-state index contributed by atoms with van der Waals surface area (Å²) in [6.45, 7) is 4.67. The highest BCUT2D eigenvalue weighted by Crippen LogP contribution is 2.51. The number of fused-ring (bicyclic) bond motifs is 4. The van der Waals surface area contributed by atoms with E-state index < -0.39 is 0 Å². The van der Waals surface area contributed by atoms with Gasteiger partial charge in [0.15, 0.2) is 5.82 Å². The van der Waals surface area contributed by atoms with E-state index in [1.165, 1.54) is 27.8 Å². The second-order valence-electron chi connectivity index (χ2n) is 13.5. The van der Waals surface area contributed by atoms with Gasteiger partial charge in [-0.15, -0.1) is 0 Å². The van der Waals surface area contributed by atoms with Gasteiger partial charge in [-0.05, 0) is 69.3 Å². The minimum Gasteiger partial charge on any atom is -0.294 e. The summed E-state index contributed by atoms with van der Waals surface area (Å²) in [5.74, 6) is 1.53. The van der Waals surface area contributed by atoms with Crippen molar-refractivity contribution in [2.24, 2.45) is 0 Å². The van der Waals surface area contributed by atoms with E-state index in [1.807, 2.05) is 6.07 Å². The van der Waals surface area contributed by atoms with Crippen LogP contribution in [0.4, 0.5) is 17.2 Å². The zero-order valence-electron chi connectivity index (χ0n) is 28.1. The number of anilines is 3. The molecule has 0 atom stereocenters. The van der Waals surface area contributed by atoms with Crippen LogP contribution in [0.2, 0.25) is 0 Å². The minimum atomic E-state index is -0.147. The maximum Gasteiger partial charge on any atom is 0.162 e. The lowest BCUT2D eigenvalue weighted by atomic mass is 9.82. The summed E-state index contributed by atoms with van der Waals surface area (Å²) >= 11 is 0. The van der Waals surface area contributed by atoms with E-state index in [1.54, 1.807) is 0 Å². The normalized spacial score (nSPS) is 12.8. The van der Waals surface area contributed by atoms with E-state index in [0.29, 0.717) is 5.82 Å². The molecule has 0 unspecified atom stereocenters. The van der Waals surface area contributed by atoms with Gasteiger partial charge in [0, 0.05) is 27.6 Å². The molecule has 0 spiro atoms. The SMILES string of the molecule is CC1(C)c2ccccc2-c2ccc(N(c3ccccc3-c3ccccc3)c3nc(-c4ccc(-c5ccccc5)cc4)nc4ccccc34)cc21. The molecular formula is C47H35N3. The molecule has 3 nitrogen and oxygen atoms in total. The van der Waals surface area contributed by atoms with Gasteiger partial charge in [-0.3, -0.25) is 4.90 Å². The molecule has 238 valence electrons. The highest BCUT2D eigenvalue weighted by atomic mass is 15.2. The Morgan fingerprint density at radius 2 is 1.02 bits per heavy atom. The third-order valence-electron chi connectivity index (χ3n) is 10.1. The third kappa shape index (κ3) is 4.98. The van der Waals surface area contributed by atoms with Crippen LogP contribution in [0.15, 0.2) is 176 Å². The van der Waals surface area contributed by atoms with Gasteiger partial charge in [0.1, 0.15) is 5.82 Å². The fourth-order valence-corrected chi connectivity index (χ4v) is 7.54. The molecule has 0 fully saturated rings. The molecule has 0 saturated carbocycles. The van der Waals surface area contributed by atoms with E-state index in [-0.39, 0.29) is 5.41 Å². The number of hydrogen-bond acceptors (Lipinski definition) is 3. The van der Waals surface area contributed by atoms with Crippen LogP contribution in [-0.2, 0) is 5.41 Å². The lowest BCUT2D eigenvalue weighted by Crippen LogP contribution is -2.18. The highest BCUT2D eigenvalue weighted by Gasteiger charge is 2.36. The molecule has 1 aliphatic rings. The Bertz CT molecular complexity index is 2500. The fraction of sp³-hybridized carbons (Fsp3) is 0.0638. The molecule has 1 aliphatic carbocycles. The molecule has 0 saturated heterocycles. The molecule has 0 radical (unpaired) electrons. The van der Waals surface area contributed by atoms with Crippen molar-refractivity contribution >= 4 is 28.1 Å². The minimum absolute atomic E-state index is 0.147. The average Bonchev–Trinajstić information content (AvgIpc) is 3.41. The first-order chi connectivity index (χ1) is 24.6. The van der Waals surface area contributed by atoms with Gasteiger partial charge in [0.05, 0.1) is 11.2 Å². The molecule has 0 N–H and O–H groups in total. The van der Waals surface area contributed by atoms with Crippen molar-refractivity contribution in [2.45, 2.75) is 19.3 Å². The molecule has 8 aromatic rings. The summed E-state index contributed by atoms with van der Waals surface area (Å²) in [6, 6.07) is 62.4. The van der Waals surface area contributed by atoms with Crippen LogP contribution in [0.3, 0.4) is 0 Å². The van der Waals surface area contributed by atoms with Crippen molar-refractivity contribution in [1.82, 2.24) is 9.97 Å². The van der Waals surface area contributed by atoms with Crippen molar-refractivity contribution < 1.29 is 0 Å². The molecule has 50 heavy (non-hydrogen) atoms. The Morgan fingerprint density at radius 1 is 0.440 bits per heavy atom. The fourth-order valence-electron chi connectivity index (χ4n) is 7.54. The first-order valence-corrected chi connectivity index (χ1v) is 17.2. The molecule has 7 aromatic carbocycles. The number of rotatable bonds is 6. The van der Waals surface area contributed by atoms with Gasteiger partial charge in [0.25, 0.3) is 0 Å². The Hall–Kier alpha value is -6.32. The maximum absolute atomic E-state index is 5.45. The van der Waals surface area contributed by atoms with E-state index in [4.69, 9.17) is 9.97 Å². The number of benzene rings is 7. The molecule has 9 rings (SSSR count). The van der Waals surface area contributed by atoms with Gasteiger partial charge in [-0.2, -0.15) is 0 Å². The van der Waals surface area contributed by atoms with Gasteiger partial charge in [0.2, 0.25) is 0 Å². The zero-order chi connectivity index (χ0) is 33.7. The van der Waals surface area contributed by atoms with Crippen molar-refractivity contribution in [3.05, 3.63) is 187 Å². The predicted molar refractivity (Wildman–Crippen MR) is 208 cm³/mol. The monoisotopic (exact) mass is 641 g/mol. The molecular weight excluding hydrogens is 607 g/mol. The lowest BCUT2D eigenvalue weighted by Gasteiger charge is -2.30. The number of hydrogen-bond donors (Lipinski definition) is 0. The van der Waals surface area contributed by atoms with Crippen LogP contribution in [0.1, 0.15) is 25.0 Å². The zero-order valence-corrected chi connectivity index (χ0v) is 28.1. The quantitative estimate of drug-likeness (QED) is 0.181. The van der Waals surface area contributed by atoms with Crippen molar-refractivity contribution in [3.63, 3.8) is 0 Å². The molecule has 0 bridgehead atoms. The predicted octanol–water partition coefficient (Wildman–Crippen LogP) is 12.4. The van der Waals surface area contributed by atoms with Crippen molar-refractivity contribution in [1.29, 1.82) is 0 Å². The van der Waals surface area contributed by atoms with Crippen LogP contribution in [0.25, 0.3) is 55.7 Å². The number of aromatic nitrogens is 2. The highest BCUT2D eigenvalue weighted by molar-refractivity contribution is 5.99. The molecule has 3 heteroatoms. The maximum atomic E-state index is 5.45. The Morgan fingerprint density at radius 3 is 1.80 bits per heavy atom. The largest absolute Gasteiger partial charge is 0.294 e. The summed E-state index contributed by atoms with van der Waals surface area (Å²) in [4.78, 5) is 12.9. The van der Waals surface area contributed by atoms with Gasteiger partial charge in [-0.25, -0.2) is 9.97 Å². The average molecular weight is 642 g/mol. The van der Waals surface area contributed by atoms with E-state index in [2.05, 4.69) is 189 Å². The topological polar surface area (TPSA) is 29.0 Å². The lowest BCUT2D eigenvalue weighted by molar-refractivity contribution is 0.660. The first kappa shape index (κ1) is 29.8. The molecule has 0 aliphatic heterocycles. The summed E-state index contributed by atoms with van der Waals surface area (Å²) in [5, 5.41) is 0.989. The van der Waals surface area contributed by atoms with Gasteiger partial charge < -0.3 is 0 Å². The second kappa shape index (κ2) is 12.0.